The average molecular weight is 383 g/mol. The first-order chi connectivity index (χ1) is 14.2. The van der Waals surface area contributed by atoms with E-state index >= 15 is 0 Å². The molecular formula is C26H26N2O. The van der Waals surface area contributed by atoms with Gasteiger partial charge in [-0.15, -0.1) is 0 Å². The Bertz CT molecular complexity index is 1040. The van der Waals surface area contributed by atoms with Gasteiger partial charge in [-0.2, -0.15) is 0 Å². The molecule has 29 heavy (non-hydrogen) atoms. The molecule has 0 N–H and O–H groups in total. The highest BCUT2D eigenvalue weighted by molar-refractivity contribution is 6.07. The fourth-order valence-electron chi connectivity index (χ4n) is 4.76. The van der Waals surface area contributed by atoms with Gasteiger partial charge in [-0.25, -0.2) is 0 Å². The van der Waals surface area contributed by atoms with Crippen molar-refractivity contribution < 1.29 is 4.79 Å². The summed E-state index contributed by atoms with van der Waals surface area (Å²) >= 11 is 0. The summed E-state index contributed by atoms with van der Waals surface area (Å²) in [4.78, 5) is 17.6. The van der Waals surface area contributed by atoms with Crippen LogP contribution in [0.5, 0.6) is 0 Å². The molecule has 2 heterocycles. The van der Waals surface area contributed by atoms with Crippen molar-refractivity contribution >= 4 is 17.3 Å². The summed E-state index contributed by atoms with van der Waals surface area (Å²) < 4.78 is 0. The number of carbonyl (C=O) groups is 1. The second-order valence-corrected chi connectivity index (χ2v) is 8.21. The lowest BCUT2D eigenvalue weighted by atomic mass is 10.0. The predicted molar refractivity (Wildman–Crippen MR) is 119 cm³/mol. The van der Waals surface area contributed by atoms with Crippen molar-refractivity contribution in [1.82, 2.24) is 0 Å². The van der Waals surface area contributed by atoms with Crippen LogP contribution in [0.1, 0.15) is 40.4 Å². The van der Waals surface area contributed by atoms with Crippen LogP contribution >= 0.6 is 0 Å². The lowest BCUT2D eigenvalue weighted by Crippen LogP contribution is -2.35. The van der Waals surface area contributed by atoms with E-state index in [1.165, 1.54) is 28.8 Å². The summed E-state index contributed by atoms with van der Waals surface area (Å²) in [6.45, 7) is 4.09. The van der Waals surface area contributed by atoms with Crippen molar-refractivity contribution in [3.05, 3.63) is 95.1 Å². The molecule has 0 aliphatic carbocycles. The molecule has 5 rings (SSSR count). The molecule has 3 nitrogen and oxygen atoms in total. The van der Waals surface area contributed by atoms with E-state index in [1.807, 2.05) is 29.2 Å². The normalized spacial score (nSPS) is 17.8. The van der Waals surface area contributed by atoms with Crippen LogP contribution in [0, 0.1) is 0 Å². The number of carbonyl (C=O) groups excluding carboxylic acids is 1. The minimum absolute atomic E-state index is 0.0947. The van der Waals surface area contributed by atoms with Crippen molar-refractivity contribution in [3.8, 4) is 0 Å². The van der Waals surface area contributed by atoms with Gasteiger partial charge >= 0.3 is 0 Å². The van der Waals surface area contributed by atoms with E-state index in [2.05, 4.69) is 60.4 Å². The lowest BCUT2D eigenvalue weighted by Gasteiger charge is -2.31. The molecule has 0 unspecified atom stereocenters. The standard InChI is InChI=1S/C26H26N2O/c1-19-17-23-8-3-5-11-25(23)28(19)26(29)22-14-12-20(13-15-22)18-27-16-6-9-21-7-2-4-10-24(21)27/h2-5,7-8,10-15,19H,6,9,16-18H2,1H3/t19-/m0/s1. The number of hydrogen-bond donors (Lipinski definition) is 0. The zero-order valence-electron chi connectivity index (χ0n) is 16.8. The molecule has 2 aliphatic rings. The Labute approximate surface area is 172 Å². The molecular weight excluding hydrogens is 356 g/mol. The molecule has 1 atom stereocenters. The molecule has 0 saturated carbocycles. The van der Waals surface area contributed by atoms with Crippen molar-refractivity contribution in [1.29, 1.82) is 0 Å². The number of para-hydroxylation sites is 2. The largest absolute Gasteiger partial charge is 0.367 e. The number of fused-ring (bicyclic) bond motifs is 2. The van der Waals surface area contributed by atoms with Crippen LogP contribution in [0.25, 0.3) is 0 Å². The molecule has 0 bridgehead atoms. The zero-order valence-corrected chi connectivity index (χ0v) is 16.8. The zero-order chi connectivity index (χ0) is 19.8. The second-order valence-electron chi connectivity index (χ2n) is 8.21. The summed E-state index contributed by atoms with van der Waals surface area (Å²) in [6.07, 6.45) is 3.28. The topological polar surface area (TPSA) is 23.6 Å². The first kappa shape index (κ1) is 18.0. The van der Waals surface area contributed by atoms with Gasteiger partial charge in [0.15, 0.2) is 0 Å². The Balaban J connectivity index is 1.34. The van der Waals surface area contributed by atoms with Gasteiger partial charge in [0.05, 0.1) is 0 Å². The maximum atomic E-state index is 13.2. The minimum Gasteiger partial charge on any atom is -0.367 e. The lowest BCUT2D eigenvalue weighted by molar-refractivity contribution is 0.0981. The summed E-state index contributed by atoms with van der Waals surface area (Å²) in [5.74, 6) is 0.0947. The first-order valence-corrected chi connectivity index (χ1v) is 10.5. The maximum absolute atomic E-state index is 13.2. The quantitative estimate of drug-likeness (QED) is 0.619. The van der Waals surface area contributed by atoms with E-state index < -0.39 is 0 Å². The summed E-state index contributed by atoms with van der Waals surface area (Å²) in [5, 5.41) is 0. The average Bonchev–Trinajstić information content (AvgIpc) is 3.10. The molecule has 3 heteroatoms. The maximum Gasteiger partial charge on any atom is 0.258 e. The van der Waals surface area contributed by atoms with Crippen molar-refractivity contribution in [2.75, 3.05) is 16.3 Å². The third-order valence-electron chi connectivity index (χ3n) is 6.21. The van der Waals surface area contributed by atoms with Crippen molar-refractivity contribution in [3.63, 3.8) is 0 Å². The van der Waals surface area contributed by atoms with E-state index in [1.54, 1.807) is 0 Å². The van der Waals surface area contributed by atoms with Gasteiger partial charge in [0, 0.05) is 36.1 Å². The Morgan fingerprint density at radius 1 is 0.897 bits per heavy atom. The van der Waals surface area contributed by atoms with Crippen molar-refractivity contribution in [2.45, 2.75) is 38.8 Å². The fraction of sp³-hybridized carbons (Fsp3) is 0.269. The highest BCUT2D eigenvalue weighted by atomic mass is 16.2. The molecule has 0 fully saturated rings. The minimum atomic E-state index is 0.0947. The molecule has 146 valence electrons. The van der Waals surface area contributed by atoms with Gasteiger partial charge in [-0.05, 0) is 67.1 Å². The van der Waals surface area contributed by atoms with Gasteiger partial charge in [-0.1, -0.05) is 48.5 Å². The number of aryl methyl sites for hydroxylation is 1. The molecule has 0 radical (unpaired) electrons. The summed E-state index contributed by atoms with van der Waals surface area (Å²) in [7, 11) is 0. The van der Waals surface area contributed by atoms with Crippen LogP contribution in [0.3, 0.4) is 0 Å². The monoisotopic (exact) mass is 382 g/mol. The van der Waals surface area contributed by atoms with Crippen LogP contribution in [-0.2, 0) is 19.4 Å². The van der Waals surface area contributed by atoms with Gasteiger partial charge in [0.25, 0.3) is 5.91 Å². The van der Waals surface area contributed by atoms with Crippen LogP contribution in [-0.4, -0.2) is 18.5 Å². The Hall–Kier alpha value is -3.07. The van der Waals surface area contributed by atoms with E-state index in [0.29, 0.717) is 0 Å². The molecule has 1 amide bonds. The Morgan fingerprint density at radius 2 is 1.59 bits per heavy atom. The SMILES string of the molecule is C[C@H]1Cc2ccccc2N1C(=O)c1ccc(CN2CCCc3ccccc32)cc1. The predicted octanol–water partition coefficient (Wildman–Crippen LogP) is 5.23. The van der Waals surface area contributed by atoms with E-state index in [9.17, 15) is 4.79 Å². The summed E-state index contributed by atoms with van der Waals surface area (Å²) in [6, 6.07) is 25.3. The molecule has 0 aromatic heterocycles. The summed E-state index contributed by atoms with van der Waals surface area (Å²) in [5.41, 5.74) is 7.10. The highest BCUT2D eigenvalue weighted by Gasteiger charge is 2.31. The number of anilines is 2. The van der Waals surface area contributed by atoms with Gasteiger partial charge in [0.1, 0.15) is 0 Å². The molecule has 2 aliphatic heterocycles. The second kappa shape index (κ2) is 7.40. The van der Waals surface area contributed by atoms with E-state index in [4.69, 9.17) is 0 Å². The van der Waals surface area contributed by atoms with Crippen LogP contribution < -0.4 is 9.80 Å². The Morgan fingerprint density at radius 3 is 2.38 bits per heavy atom. The number of benzene rings is 3. The molecule has 0 saturated heterocycles. The van der Waals surface area contributed by atoms with Crippen LogP contribution in [0.4, 0.5) is 11.4 Å². The third kappa shape index (κ3) is 3.31. The number of hydrogen-bond acceptors (Lipinski definition) is 2. The molecule has 3 aromatic carbocycles. The highest BCUT2D eigenvalue weighted by Crippen LogP contribution is 2.33. The van der Waals surface area contributed by atoms with Crippen molar-refractivity contribution in [2.24, 2.45) is 0 Å². The number of rotatable bonds is 3. The van der Waals surface area contributed by atoms with E-state index in [-0.39, 0.29) is 11.9 Å². The first-order valence-electron chi connectivity index (χ1n) is 10.5. The molecule has 0 spiro atoms. The van der Waals surface area contributed by atoms with E-state index in [0.717, 1.165) is 37.2 Å². The Kier molecular flexibility index (Phi) is 4.59. The van der Waals surface area contributed by atoms with Gasteiger partial charge in [-0.3, -0.25) is 4.79 Å². The smallest absolute Gasteiger partial charge is 0.258 e. The molecule has 3 aromatic rings. The number of amides is 1. The fourth-order valence-corrected chi connectivity index (χ4v) is 4.76. The van der Waals surface area contributed by atoms with Gasteiger partial charge in [0.2, 0.25) is 0 Å². The number of nitrogens with zero attached hydrogens (tertiary/aromatic N) is 2. The van der Waals surface area contributed by atoms with Gasteiger partial charge < -0.3 is 9.80 Å². The van der Waals surface area contributed by atoms with Crippen LogP contribution in [0.15, 0.2) is 72.8 Å². The third-order valence-corrected chi connectivity index (χ3v) is 6.21. The van der Waals surface area contributed by atoms with Crippen LogP contribution in [0.2, 0.25) is 0 Å².